The van der Waals surface area contributed by atoms with Gasteiger partial charge in [0.05, 0.1) is 17.7 Å². The number of rotatable bonds is 3. The highest BCUT2D eigenvalue weighted by Crippen LogP contribution is 2.32. The SMILES string of the molecule is CCC(=O)N1CC(CC)OC1c1cccc(C#N)c1. The first-order valence-electron chi connectivity index (χ1n) is 6.64. The van der Waals surface area contributed by atoms with Gasteiger partial charge in [0.15, 0.2) is 6.23 Å². The summed E-state index contributed by atoms with van der Waals surface area (Å²) in [5, 5.41) is 8.95. The largest absolute Gasteiger partial charge is 0.349 e. The van der Waals surface area contributed by atoms with E-state index < -0.39 is 0 Å². The Hall–Kier alpha value is -1.86. The van der Waals surface area contributed by atoms with E-state index in [9.17, 15) is 4.79 Å². The van der Waals surface area contributed by atoms with Crippen LogP contribution in [-0.2, 0) is 9.53 Å². The predicted octanol–water partition coefficient (Wildman–Crippen LogP) is 2.60. The van der Waals surface area contributed by atoms with Crippen molar-refractivity contribution in [3.8, 4) is 6.07 Å². The van der Waals surface area contributed by atoms with Crippen LogP contribution in [0.5, 0.6) is 0 Å². The molecule has 2 unspecified atom stereocenters. The van der Waals surface area contributed by atoms with Gasteiger partial charge in [-0.15, -0.1) is 0 Å². The van der Waals surface area contributed by atoms with Gasteiger partial charge in [-0.25, -0.2) is 0 Å². The van der Waals surface area contributed by atoms with Crippen molar-refractivity contribution in [1.29, 1.82) is 5.26 Å². The Labute approximate surface area is 113 Å². The summed E-state index contributed by atoms with van der Waals surface area (Å²) in [6, 6.07) is 9.38. The van der Waals surface area contributed by atoms with Gasteiger partial charge < -0.3 is 9.64 Å². The highest BCUT2D eigenvalue weighted by Gasteiger charge is 2.35. The molecule has 0 saturated carbocycles. The van der Waals surface area contributed by atoms with Crippen molar-refractivity contribution in [1.82, 2.24) is 4.90 Å². The number of hydrogen-bond acceptors (Lipinski definition) is 3. The molecule has 19 heavy (non-hydrogen) atoms. The van der Waals surface area contributed by atoms with E-state index in [4.69, 9.17) is 10.00 Å². The molecule has 1 heterocycles. The Morgan fingerprint density at radius 1 is 1.53 bits per heavy atom. The molecule has 4 heteroatoms. The first kappa shape index (κ1) is 13.6. The molecule has 1 aliphatic heterocycles. The molecule has 0 N–H and O–H groups in total. The monoisotopic (exact) mass is 258 g/mol. The molecular weight excluding hydrogens is 240 g/mol. The molecule has 0 aromatic heterocycles. The normalized spacial score (nSPS) is 22.3. The van der Waals surface area contributed by atoms with Crippen LogP contribution in [0, 0.1) is 11.3 Å². The molecule has 1 aromatic rings. The van der Waals surface area contributed by atoms with Gasteiger partial charge >= 0.3 is 0 Å². The molecule has 4 nitrogen and oxygen atoms in total. The van der Waals surface area contributed by atoms with Crippen LogP contribution >= 0.6 is 0 Å². The zero-order chi connectivity index (χ0) is 13.8. The fourth-order valence-electron chi connectivity index (χ4n) is 2.30. The number of benzene rings is 1. The first-order valence-corrected chi connectivity index (χ1v) is 6.64. The van der Waals surface area contributed by atoms with E-state index in [2.05, 4.69) is 6.07 Å². The average Bonchev–Trinajstić information content (AvgIpc) is 2.90. The number of carbonyl (C=O) groups is 1. The second kappa shape index (κ2) is 5.85. The summed E-state index contributed by atoms with van der Waals surface area (Å²) in [4.78, 5) is 13.8. The molecule has 1 fully saturated rings. The van der Waals surface area contributed by atoms with Crippen LogP contribution < -0.4 is 0 Å². The van der Waals surface area contributed by atoms with Gasteiger partial charge in [-0.1, -0.05) is 26.0 Å². The number of nitriles is 1. The quantitative estimate of drug-likeness (QED) is 0.837. The van der Waals surface area contributed by atoms with Crippen LogP contribution in [0.1, 0.15) is 44.0 Å². The van der Waals surface area contributed by atoms with Crippen molar-refractivity contribution < 1.29 is 9.53 Å². The number of carbonyl (C=O) groups excluding carboxylic acids is 1. The highest BCUT2D eigenvalue weighted by molar-refractivity contribution is 5.76. The predicted molar refractivity (Wildman–Crippen MR) is 71.1 cm³/mol. The maximum atomic E-state index is 12.0. The third-order valence-corrected chi connectivity index (χ3v) is 3.38. The van der Waals surface area contributed by atoms with E-state index in [1.807, 2.05) is 26.0 Å². The lowest BCUT2D eigenvalue weighted by molar-refractivity contribution is -0.136. The lowest BCUT2D eigenvalue weighted by atomic mass is 10.1. The summed E-state index contributed by atoms with van der Waals surface area (Å²) in [5.41, 5.74) is 1.46. The Balaban J connectivity index is 2.29. The second-order valence-electron chi connectivity index (χ2n) is 4.66. The van der Waals surface area contributed by atoms with E-state index in [0.29, 0.717) is 18.5 Å². The van der Waals surface area contributed by atoms with Crippen molar-refractivity contribution in [3.63, 3.8) is 0 Å². The van der Waals surface area contributed by atoms with Crippen molar-refractivity contribution in [2.45, 2.75) is 39.0 Å². The minimum Gasteiger partial charge on any atom is -0.349 e. The van der Waals surface area contributed by atoms with Crippen LogP contribution in [-0.4, -0.2) is 23.5 Å². The number of nitrogens with zero attached hydrogens (tertiary/aromatic N) is 2. The van der Waals surface area contributed by atoms with Crippen molar-refractivity contribution in [2.75, 3.05) is 6.54 Å². The smallest absolute Gasteiger partial charge is 0.224 e. The van der Waals surface area contributed by atoms with Gasteiger partial charge in [0.2, 0.25) is 5.91 Å². The van der Waals surface area contributed by atoms with Gasteiger partial charge in [0.25, 0.3) is 0 Å². The van der Waals surface area contributed by atoms with Crippen molar-refractivity contribution >= 4 is 5.91 Å². The molecule has 1 saturated heterocycles. The Kier molecular flexibility index (Phi) is 4.18. The van der Waals surface area contributed by atoms with Crippen LogP contribution in [0.2, 0.25) is 0 Å². The molecule has 1 aromatic carbocycles. The van der Waals surface area contributed by atoms with Crippen LogP contribution in [0.4, 0.5) is 0 Å². The topological polar surface area (TPSA) is 53.3 Å². The molecule has 0 aliphatic carbocycles. The Morgan fingerprint density at radius 2 is 2.32 bits per heavy atom. The minimum atomic E-state index is -0.356. The number of hydrogen-bond donors (Lipinski definition) is 0. The van der Waals surface area contributed by atoms with E-state index in [1.54, 1.807) is 17.0 Å². The molecule has 2 rings (SSSR count). The molecule has 0 spiro atoms. The van der Waals surface area contributed by atoms with Gasteiger partial charge in [0.1, 0.15) is 0 Å². The molecule has 0 bridgehead atoms. The molecule has 1 amide bonds. The van der Waals surface area contributed by atoms with Gasteiger partial charge in [-0.2, -0.15) is 5.26 Å². The fourth-order valence-corrected chi connectivity index (χ4v) is 2.30. The zero-order valence-corrected chi connectivity index (χ0v) is 11.3. The van der Waals surface area contributed by atoms with Gasteiger partial charge in [-0.3, -0.25) is 4.79 Å². The van der Waals surface area contributed by atoms with E-state index >= 15 is 0 Å². The third-order valence-electron chi connectivity index (χ3n) is 3.38. The molecular formula is C15H18N2O2. The van der Waals surface area contributed by atoms with Gasteiger partial charge in [-0.05, 0) is 18.6 Å². The van der Waals surface area contributed by atoms with Crippen LogP contribution in [0.25, 0.3) is 0 Å². The van der Waals surface area contributed by atoms with Crippen molar-refractivity contribution in [2.24, 2.45) is 0 Å². The summed E-state index contributed by atoms with van der Waals surface area (Å²) in [5.74, 6) is 0.0864. The zero-order valence-electron chi connectivity index (χ0n) is 11.3. The molecule has 2 atom stereocenters. The van der Waals surface area contributed by atoms with E-state index in [1.165, 1.54) is 0 Å². The summed E-state index contributed by atoms with van der Waals surface area (Å²) in [6.45, 7) is 4.53. The van der Waals surface area contributed by atoms with Gasteiger partial charge in [0, 0.05) is 18.5 Å². The third kappa shape index (κ3) is 2.77. The molecule has 0 radical (unpaired) electrons. The highest BCUT2D eigenvalue weighted by atomic mass is 16.5. The van der Waals surface area contributed by atoms with Crippen LogP contribution in [0.3, 0.4) is 0 Å². The summed E-state index contributed by atoms with van der Waals surface area (Å²) >= 11 is 0. The lowest BCUT2D eigenvalue weighted by Crippen LogP contribution is -2.31. The maximum absolute atomic E-state index is 12.0. The fraction of sp³-hybridized carbons (Fsp3) is 0.467. The standard InChI is InChI=1S/C15H18N2O2/c1-3-13-10-17(14(18)4-2)15(19-13)12-7-5-6-11(8-12)9-16/h5-8,13,15H,3-4,10H2,1-2H3. The van der Waals surface area contributed by atoms with E-state index in [-0.39, 0.29) is 18.2 Å². The maximum Gasteiger partial charge on any atom is 0.224 e. The van der Waals surface area contributed by atoms with E-state index in [0.717, 1.165) is 12.0 Å². The second-order valence-corrected chi connectivity index (χ2v) is 4.66. The summed E-state index contributed by atoms with van der Waals surface area (Å²) < 4.78 is 5.93. The molecule has 1 aliphatic rings. The Morgan fingerprint density at radius 3 is 2.95 bits per heavy atom. The summed E-state index contributed by atoms with van der Waals surface area (Å²) in [7, 11) is 0. The number of amides is 1. The lowest BCUT2D eigenvalue weighted by Gasteiger charge is -2.22. The first-order chi connectivity index (χ1) is 9.19. The minimum absolute atomic E-state index is 0.0752. The Bertz CT molecular complexity index is 507. The average molecular weight is 258 g/mol. The van der Waals surface area contributed by atoms with Crippen molar-refractivity contribution in [3.05, 3.63) is 35.4 Å². The molecule has 100 valence electrons. The van der Waals surface area contributed by atoms with Crippen LogP contribution in [0.15, 0.2) is 24.3 Å². The summed E-state index contributed by atoms with van der Waals surface area (Å²) in [6.07, 6.45) is 1.06. The number of ether oxygens (including phenoxy) is 1.